The number of benzene rings is 1. The predicted octanol–water partition coefficient (Wildman–Crippen LogP) is 3.23. The van der Waals surface area contributed by atoms with Crippen molar-refractivity contribution in [2.45, 2.75) is 39.5 Å². The molecule has 0 atom stereocenters. The van der Waals surface area contributed by atoms with E-state index < -0.39 is 5.91 Å². The van der Waals surface area contributed by atoms with Gasteiger partial charge < -0.3 is 10.3 Å². The summed E-state index contributed by atoms with van der Waals surface area (Å²) in [5.74, 6) is 0.170. The van der Waals surface area contributed by atoms with Crippen LogP contribution in [-0.2, 0) is 12.8 Å². The number of nitrogens with zero attached hydrogens (tertiary/aromatic N) is 4. The van der Waals surface area contributed by atoms with Crippen molar-refractivity contribution in [2.75, 3.05) is 5.32 Å². The number of carbonyl (C=O) groups is 1. The first-order valence-electron chi connectivity index (χ1n) is 10.4. The van der Waals surface area contributed by atoms with Crippen molar-refractivity contribution in [1.82, 2.24) is 24.6 Å². The molecule has 8 nitrogen and oxygen atoms in total. The zero-order valence-electron chi connectivity index (χ0n) is 17.4. The predicted molar refractivity (Wildman–Crippen MR) is 117 cm³/mol. The Morgan fingerprint density at radius 1 is 1.10 bits per heavy atom. The number of nitrogens with one attached hydrogen (secondary N) is 2. The lowest BCUT2D eigenvalue weighted by atomic mass is 10.0. The lowest BCUT2D eigenvalue weighted by Gasteiger charge is -2.14. The van der Waals surface area contributed by atoms with Crippen LogP contribution in [0.15, 0.2) is 41.3 Å². The molecule has 1 amide bonds. The number of fused-ring (bicyclic) bond motifs is 3. The van der Waals surface area contributed by atoms with E-state index in [9.17, 15) is 9.59 Å². The molecule has 4 aromatic rings. The highest BCUT2D eigenvalue weighted by atomic mass is 16.2. The highest BCUT2D eigenvalue weighted by molar-refractivity contribution is 6.05. The number of imidazole rings is 1. The van der Waals surface area contributed by atoms with E-state index in [1.54, 1.807) is 32.0 Å². The third-order valence-electron chi connectivity index (χ3n) is 5.68. The number of carbonyl (C=O) groups excluding carboxylic acids is 1. The van der Waals surface area contributed by atoms with Crippen LogP contribution in [0.3, 0.4) is 0 Å². The number of amides is 1. The van der Waals surface area contributed by atoms with Crippen LogP contribution in [0.4, 0.5) is 5.69 Å². The number of hydrogen-bond acceptors (Lipinski definition) is 5. The Kier molecular flexibility index (Phi) is 4.62. The van der Waals surface area contributed by atoms with Crippen LogP contribution < -0.4 is 10.9 Å². The largest absolute Gasteiger partial charge is 0.326 e. The van der Waals surface area contributed by atoms with Gasteiger partial charge in [0.2, 0.25) is 0 Å². The summed E-state index contributed by atoms with van der Waals surface area (Å²) in [6.07, 6.45) is 6.25. The van der Waals surface area contributed by atoms with Gasteiger partial charge in [-0.1, -0.05) is 12.1 Å². The molecular formula is C23H22N6O2. The number of aryl methyl sites for hydroxylation is 4. The van der Waals surface area contributed by atoms with E-state index in [1.807, 2.05) is 22.7 Å². The van der Waals surface area contributed by atoms with E-state index in [0.717, 1.165) is 48.3 Å². The number of aromatic amines is 1. The summed E-state index contributed by atoms with van der Waals surface area (Å²) >= 11 is 0. The standard InChI is InChI=1S/C23H22N6O2/c1-13-11-14(2)24-21(30)20(13)22(31)25-16-9-7-15(8-10-16)18-12-29-19-6-4-3-5-17(19)27-28-23(29)26-18/h7-12H,3-6H2,1-2H3,(H,24,30)(H,25,31). The van der Waals surface area contributed by atoms with E-state index in [0.29, 0.717) is 17.0 Å². The summed E-state index contributed by atoms with van der Waals surface area (Å²) in [4.78, 5) is 32.1. The molecule has 0 fully saturated rings. The molecule has 31 heavy (non-hydrogen) atoms. The summed E-state index contributed by atoms with van der Waals surface area (Å²) in [7, 11) is 0. The van der Waals surface area contributed by atoms with Crippen molar-refractivity contribution >= 4 is 17.4 Å². The van der Waals surface area contributed by atoms with Crippen LogP contribution in [0.25, 0.3) is 17.0 Å². The highest BCUT2D eigenvalue weighted by Gasteiger charge is 2.18. The molecule has 0 aliphatic heterocycles. The maximum Gasteiger partial charge on any atom is 0.261 e. The average Bonchev–Trinajstić information content (AvgIpc) is 3.18. The zero-order valence-corrected chi connectivity index (χ0v) is 17.4. The number of anilines is 1. The fourth-order valence-corrected chi connectivity index (χ4v) is 4.18. The quantitative estimate of drug-likeness (QED) is 0.535. The third-order valence-corrected chi connectivity index (χ3v) is 5.68. The van der Waals surface area contributed by atoms with Crippen molar-refractivity contribution in [3.63, 3.8) is 0 Å². The SMILES string of the molecule is Cc1cc(C)c(C(=O)Nc2ccc(-c3cn4c5c(nnc4n3)CCCC5)cc2)c(=O)[nH]1. The molecule has 156 valence electrons. The Morgan fingerprint density at radius 3 is 2.65 bits per heavy atom. The number of aromatic nitrogens is 5. The molecule has 0 unspecified atom stereocenters. The van der Waals surface area contributed by atoms with Gasteiger partial charge in [-0.25, -0.2) is 4.98 Å². The molecule has 0 radical (unpaired) electrons. The van der Waals surface area contributed by atoms with Crippen LogP contribution in [0, 0.1) is 13.8 Å². The Hall–Kier alpha value is -3.81. The first-order valence-corrected chi connectivity index (χ1v) is 10.4. The van der Waals surface area contributed by atoms with Crippen molar-refractivity contribution in [1.29, 1.82) is 0 Å². The van der Waals surface area contributed by atoms with Gasteiger partial charge in [0.1, 0.15) is 5.56 Å². The molecule has 0 saturated carbocycles. The topological polar surface area (TPSA) is 105 Å². The Bertz CT molecular complexity index is 1370. The van der Waals surface area contributed by atoms with E-state index >= 15 is 0 Å². The second-order valence-electron chi connectivity index (χ2n) is 7.97. The van der Waals surface area contributed by atoms with Gasteiger partial charge in [-0.2, -0.15) is 5.10 Å². The Balaban J connectivity index is 1.40. The maximum absolute atomic E-state index is 12.6. The molecule has 1 aromatic carbocycles. The van der Waals surface area contributed by atoms with E-state index in [-0.39, 0.29) is 11.1 Å². The van der Waals surface area contributed by atoms with Crippen LogP contribution in [0.5, 0.6) is 0 Å². The van der Waals surface area contributed by atoms with Crippen molar-refractivity contribution in [3.05, 3.63) is 75.1 Å². The van der Waals surface area contributed by atoms with E-state index in [1.165, 1.54) is 5.69 Å². The Morgan fingerprint density at radius 2 is 1.87 bits per heavy atom. The first kappa shape index (κ1) is 19.2. The van der Waals surface area contributed by atoms with Crippen molar-refractivity contribution < 1.29 is 4.79 Å². The van der Waals surface area contributed by atoms with Crippen molar-refractivity contribution in [2.24, 2.45) is 0 Å². The summed E-state index contributed by atoms with van der Waals surface area (Å²) in [6, 6.07) is 9.17. The second kappa shape index (κ2) is 7.46. The number of pyridine rings is 1. The van der Waals surface area contributed by atoms with Crippen LogP contribution >= 0.6 is 0 Å². The zero-order chi connectivity index (χ0) is 21.5. The number of rotatable bonds is 3. The molecule has 1 aliphatic carbocycles. The highest BCUT2D eigenvalue weighted by Crippen LogP contribution is 2.24. The van der Waals surface area contributed by atoms with Crippen molar-refractivity contribution in [3.8, 4) is 11.3 Å². The maximum atomic E-state index is 12.6. The molecule has 8 heteroatoms. The molecular weight excluding hydrogens is 392 g/mol. The molecule has 3 heterocycles. The molecule has 5 rings (SSSR count). The van der Waals surface area contributed by atoms with Gasteiger partial charge in [0, 0.05) is 28.8 Å². The fraction of sp³-hybridized carbons (Fsp3) is 0.261. The summed E-state index contributed by atoms with van der Waals surface area (Å²) in [5, 5.41) is 11.4. The Labute approximate surface area is 178 Å². The van der Waals surface area contributed by atoms with Gasteiger partial charge in [-0.05, 0) is 63.3 Å². The average molecular weight is 414 g/mol. The summed E-state index contributed by atoms with van der Waals surface area (Å²) in [5.41, 5.74) is 5.67. The number of H-pyrrole nitrogens is 1. The fourth-order valence-electron chi connectivity index (χ4n) is 4.18. The van der Waals surface area contributed by atoms with Gasteiger partial charge in [0.05, 0.1) is 11.4 Å². The van der Waals surface area contributed by atoms with Gasteiger partial charge in [-0.3, -0.25) is 14.0 Å². The van der Waals surface area contributed by atoms with Gasteiger partial charge in [0.25, 0.3) is 17.2 Å². The van der Waals surface area contributed by atoms with Crippen LogP contribution in [0.2, 0.25) is 0 Å². The normalized spacial score (nSPS) is 13.2. The van der Waals surface area contributed by atoms with Gasteiger partial charge in [0.15, 0.2) is 0 Å². The summed E-state index contributed by atoms with van der Waals surface area (Å²) < 4.78 is 2.04. The minimum absolute atomic E-state index is 0.123. The van der Waals surface area contributed by atoms with E-state index in [2.05, 4.69) is 25.5 Å². The minimum Gasteiger partial charge on any atom is -0.326 e. The van der Waals surface area contributed by atoms with Gasteiger partial charge in [-0.15, -0.1) is 5.10 Å². The molecule has 0 saturated heterocycles. The molecule has 0 spiro atoms. The molecule has 0 bridgehead atoms. The number of hydrogen-bond donors (Lipinski definition) is 2. The van der Waals surface area contributed by atoms with E-state index in [4.69, 9.17) is 0 Å². The minimum atomic E-state index is -0.430. The molecule has 1 aliphatic rings. The third kappa shape index (κ3) is 3.50. The van der Waals surface area contributed by atoms with Crippen LogP contribution in [-0.4, -0.2) is 30.5 Å². The first-order chi connectivity index (χ1) is 15.0. The lowest BCUT2D eigenvalue weighted by molar-refractivity contribution is 0.102. The smallest absolute Gasteiger partial charge is 0.261 e. The monoisotopic (exact) mass is 414 g/mol. The molecule has 3 aromatic heterocycles. The lowest BCUT2D eigenvalue weighted by Crippen LogP contribution is -2.25. The summed E-state index contributed by atoms with van der Waals surface area (Å²) in [6.45, 7) is 3.54. The second-order valence-corrected chi connectivity index (χ2v) is 7.97. The van der Waals surface area contributed by atoms with Gasteiger partial charge >= 0.3 is 0 Å². The van der Waals surface area contributed by atoms with Crippen LogP contribution in [0.1, 0.15) is 45.8 Å². The molecule has 2 N–H and O–H groups in total.